The summed E-state index contributed by atoms with van der Waals surface area (Å²) in [7, 11) is 3.52. The van der Waals surface area contributed by atoms with Crippen LogP contribution in [-0.2, 0) is 11.2 Å². The molecule has 116 valence electrons. The number of hydrogen-bond acceptors (Lipinski definition) is 3. The molecule has 6 heteroatoms. The SMILES string of the molecule is CC(C(=O)Nc1cc(F)c2c(c1)C(F)C(CO)C2)N(C)C. The highest BCUT2D eigenvalue weighted by Gasteiger charge is 2.34. The molecule has 2 rings (SSSR count). The summed E-state index contributed by atoms with van der Waals surface area (Å²) in [6.07, 6.45) is -1.22. The highest BCUT2D eigenvalue weighted by atomic mass is 19.1. The van der Waals surface area contributed by atoms with Crippen LogP contribution in [-0.4, -0.2) is 42.7 Å². The van der Waals surface area contributed by atoms with Crippen molar-refractivity contribution in [1.29, 1.82) is 0 Å². The van der Waals surface area contributed by atoms with Gasteiger partial charge in [-0.2, -0.15) is 0 Å². The number of likely N-dealkylation sites (N-methyl/N-ethyl adjacent to an activating group) is 1. The molecule has 1 aliphatic carbocycles. The van der Waals surface area contributed by atoms with Gasteiger partial charge >= 0.3 is 0 Å². The lowest BCUT2D eigenvalue weighted by molar-refractivity contribution is -0.119. The number of amides is 1. The van der Waals surface area contributed by atoms with E-state index < -0.39 is 17.9 Å². The van der Waals surface area contributed by atoms with E-state index in [-0.39, 0.29) is 36.2 Å². The first-order valence-corrected chi connectivity index (χ1v) is 6.89. The number of nitrogens with zero attached hydrogens (tertiary/aromatic N) is 1. The summed E-state index contributed by atoms with van der Waals surface area (Å²) in [5, 5.41) is 11.7. The molecule has 0 radical (unpaired) electrons. The molecule has 1 aromatic carbocycles. The second kappa shape index (κ2) is 6.07. The number of halogens is 2. The number of fused-ring (bicyclic) bond motifs is 1. The number of nitrogens with one attached hydrogen (secondary N) is 1. The third-order valence-electron chi connectivity index (χ3n) is 4.06. The number of carbonyl (C=O) groups is 1. The average molecular weight is 298 g/mol. The van der Waals surface area contributed by atoms with Crippen molar-refractivity contribution in [1.82, 2.24) is 4.90 Å². The number of hydrogen-bond donors (Lipinski definition) is 2. The molecule has 0 bridgehead atoms. The standard InChI is InChI=1S/C15H20F2N2O2/c1-8(19(2)3)15(21)18-10-5-12-11(13(16)6-10)4-9(7-20)14(12)17/h5-6,8-9,14,20H,4,7H2,1-3H3,(H,18,21). The Morgan fingerprint density at radius 1 is 1.52 bits per heavy atom. The normalized spacial score (nSPS) is 22.2. The maximum Gasteiger partial charge on any atom is 0.241 e. The Bertz CT molecular complexity index is 549. The van der Waals surface area contributed by atoms with Crippen LogP contribution < -0.4 is 5.32 Å². The molecule has 0 spiro atoms. The summed E-state index contributed by atoms with van der Waals surface area (Å²) in [6.45, 7) is 1.40. The quantitative estimate of drug-likeness (QED) is 0.892. The molecule has 3 atom stereocenters. The van der Waals surface area contributed by atoms with Crippen LogP contribution in [0.2, 0.25) is 0 Å². The second-order valence-electron chi connectivity index (χ2n) is 5.70. The van der Waals surface area contributed by atoms with Gasteiger partial charge in [0.05, 0.1) is 6.04 Å². The molecule has 1 amide bonds. The first kappa shape index (κ1) is 15.9. The van der Waals surface area contributed by atoms with Gasteiger partial charge in [-0.15, -0.1) is 0 Å². The largest absolute Gasteiger partial charge is 0.396 e. The zero-order valence-corrected chi connectivity index (χ0v) is 12.4. The van der Waals surface area contributed by atoms with Crippen molar-refractivity contribution in [2.24, 2.45) is 5.92 Å². The second-order valence-corrected chi connectivity index (χ2v) is 5.70. The Kier molecular flexibility index (Phi) is 4.58. The van der Waals surface area contributed by atoms with E-state index in [1.165, 1.54) is 12.1 Å². The third-order valence-corrected chi connectivity index (χ3v) is 4.06. The highest BCUT2D eigenvalue weighted by molar-refractivity contribution is 5.94. The van der Waals surface area contributed by atoms with Gasteiger partial charge in [-0.3, -0.25) is 9.69 Å². The Morgan fingerprint density at radius 2 is 2.19 bits per heavy atom. The van der Waals surface area contributed by atoms with Crippen molar-refractivity contribution in [2.75, 3.05) is 26.0 Å². The van der Waals surface area contributed by atoms with Crippen LogP contribution in [0.15, 0.2) is 12.1 Å². The summed E-state index contributed by atoms with van der Waals surface area (Å²) in [5.41, 5.74) is 0.758. The van der Waals surface area contributed by atoms with E-state index >= 15 is 0 Å². The molecule has 3 unspecified atom stereocenters. The van der Waals surface area contributed by atoms with E-state index in [4.69, 9.17) is 5.11 Å². The lowest BCUT2D eigenvalue weighted by Gasteiger charge is -2.19. The molecular formula is C15H20F2N2O2. The smallest absolute Gasteiger partial charge is 0.241 e. The monoisotopic (exact) mass is 298 g/mol. The molecule has 0 fully saturated rings. The maximum absolute atomic E-state index is 14.1. The van der Waals surface area contributed by atoms with Crippen LogP contribution in [0, 0.1) is 11.7 Å². The van der Waals surface area contributed by atoms with Crippen molar-refractivity contribution >= 4 is 11.6 Å². The van der Waals surface area contributed by atoms with Crippen molar-refractivity contribution in [3.05, 3.63) is 29.1 Å². The summed E-state index contributed by atoms with van der Waals surface area (Å²) < 4.78 is 28.2. The minimum Gasteiger partial charge on any atom is -0.396 e. The van der Waals surface area contributed by atoms with Gasteiger partial charge in [-0.1, -0.05) is 0 Å². The zero-order chi connectivity index (χ0) is 15.7. The number of rotatable bonds is 4. The van der Waals surface area contributed by atoms with Crippen molar-refractivity contribution in [3.8, 4) is 0 Å². The fraction of sp³-hybridized carbons (Fsp3) is 0.533. The van der Waals surface area contributed by atoms with Gasteiger partial charge in [0.25, 0.3) is 0 Å². The van der Waals surface area contributed by atoms with E-state index in [1.54, 1.807) is 25.9 Å². The van der Waals surface area contributed by atoms with Crippen molar-refractivity contribution in [2.45, 2.75) is 25.6 Å². The van der Waals surface area contributed by atoms with Crippen LogP contribution >= 0.6 is 0 Å². The van der Waals surface area contributed by atoms with Gasteiger partial charge in [-0.25, -0.2) is 8.78 Å². The lowest BCUT2D eigenvalue weighted by atomic mass is 10.1. The Hall–Kier alpha value is -1.53. The predicted octanol–water partition coefficient (Wildman–Crippen LogP) is 1.89. The molecule has 2 N–H and O–H groups in total. The Morgan fingerprint density at radius 3 is 2.76 bits per heavy atom. The first-order valence-electron chi connectivity index (χ1n) is 6.89. The summed E-state index contributed by atoms with van der Waals surface area (Å²) in [6, 6.07) is 2.28. The first-order chi connectivity index (χ1) is 9.85. The minimum atomic E-state index is -1.40. The molecule has 0 aromatic heterocycles. The molecule has 1 aromatic rings. The number of benzene rings is 1. The minimum absolute atomic E-state index is 0.182. The van der Waals surface area contributed by atoms with Crippen LogP contribution in [0.4, 0.5) is 14.5 Å². The Balaban J connectivity index is 2.24. The summed E-state index contributed by atoms with van der Waals surface area (Å²) in [5.74, 6) is -1.44. The molecule has 0 aliphatic heterocycles. The van der Waals surface area contributed by atoms with Crippen LogP contribution in [0.25, 0.3) is 0 Å². The number of alkyl halides is 1. The zero-order valence-electron chi connectivity index (χ0n) is 12.4. The van der Waals surface area contributed by atoms with Gasteiger partial charge in [-0.05, 0) is 50.7 Å². The van der Waals surface area contributed by atoms with Gasteiger partial charge in [0.1, 0.15) is 12.0 Å². The van der Waals surface area contributed by atoms with E-state index in [0.29, 0.717) is 5.56 Å². The van der Waals surface area contributed by atoms with Crippen LogP contribution in [0.3, 0.4) is 0 Å². The molecule has 4 nitrogen and oxygen atoms in total. The van der Waals surface area contributed by atoms with E-state index in [9.17, 15) is 13.6 Å². The molecule has 0 heterocycles. The number of anilines is 1. The highest BCUT2D eigenvalue weighted by Crippen LogP contribution is 2.41. The molecule has 0 saturated heterocycles. The molecule has 0 saturated carbocycles. The summed E-state index contributed by atoms with van der Waals surface area (Å²) >= 11 is 0. The van der Waals surface area contributed by atoms with Gasteiger partial charge < -0.3 is 10.4 Å². The fourth-order valence-electron chi connectivity index (χ4n) is 2.45. The maximum atomic E-state index is 14.1. The molecule has 21 heavy (non-hydrogen) atoms. The average Bonchev–Trinajstić information content (AvgIpc) is 2.75. The van der Waals surface area contributed by atoms with Crippen molar-refractivity contribution in [3.63, 3.8) is 0 Å². The number of aliphatic hydroxyl groups excluding tert-OH is 1. The van der Waals surface area contributed by atoms with Gasteiger partial charge in [0.2, 0.25) is 5.91 Å². The van der Waals surface area contributed by atoms with Crippen LogP contribution in [0.5, 0.6) is 0 Å². The number of aliphatic hydroxyl groups is 1. The Labute approximate surface area is 122 Å². The van der Waals surface area contributed by atoms with Gasteiger partial charge in [0.15, 0.2) is 0 Å². The lowest BCUT2D eigenvalue weighted by Crippen LogP contribution is -2.37. The van der Waals surface area contributed by atoms with Crippen LogP contribution in [0.1, 0.15) is 24.2 Å². The predicted molar refractivity (Wildman–Crippen MR) is 76.3 cm³/mol. The van der Waals surface area contributed by atoms with E-state index in [1.807, 2.05) is 0 Å². The van der Waals surface area contributed by atoms with E-state index in [2.05, 4.69) is 5.32 Å². The molecular weight excluding hydrogens is 278 g/mol. The number of carbonyl (C=O) groups excluding carboxylic acids is 1. The molecule has 1 aliphatic rings. The van der Waals surface area contributed by atoms with Gasteiger partial charge in [0, 0.05) is 18.2 Å². The van der Waals surface area contributed by atoms with Crippen molar-refractivity contribution < 1.29 is 18.7 Å². The van der Waals surface area contributed by atoms with E-state index in [0.717, 1.165) is 0 Å². The topological polar surface area (TPSA) is 52.6 Å². The fourth-order valence-corrected chi connectivity index (χ4v) is 2.45. The third kappa shape index (κ3) is 3.06. The summed E-state index contributed by atoms with van der Waals surface area (Å²) in [4.78, 5) is 13.7.